The topological polar surface area (TPSA) is 63.3 Å². The summed E-state index contributed by atoms with van der Waals surface area (Å²) < 4.78 is 49.3. The summed E-state index contributed by atoms with van der Waals surface area (Å²) in [5.41, 5.74) is 2.04. The number of benzene rings is 1. The van der Waals surface area contributed by atoms with Crippen LogP contribution in [0.25, 0.3) is 0 Å². The van der Waals surface area contributed by atoms with Crippen LogP contribution in [-0.2, 0) is 23.9 Å². The Balaban J connectivity index is 1.27. The third kappa shape index (κ3) is 5.83. The number of hydrogen-bond donors (Lipinski definition) is 1. The molecule has 0 amide bonds. The molecule has 1 unspecified atom stereocenters. The van der Waals surface area contributed by atoms with Crippen molar-refractivity contribution in [3.63, 3.8) is 0 Å². The van der Waals surface area contributed by atoms with Gasteiger partial charge in [0.2, 0.25) is 0 Å². The quantitative estimate of drug-likeness (QED) is 0.611. The van der Waals surface area contributed by atoms with Gasteiger partial charge in [-0.3, -0.25) is 15.0 Å². The van der Waals surface area contributed by atoms with E-state index in [0.29, 0.717) is 25.4 Å². The minimum Gasteiger partial charge on any atom is -0.493 e. The summed E-state index contributed by atoms with van der Waals surface area (Å²) in [4.78, 5) is 6.67. The van der Waals surface area contributed by atoms with Crippen LogP contribution < -0.4 is 4.74 Å². The predicted octanol–water partition coefficient (Wildman–Crippen LogP) is 4.02. The van der Waals surface area contributed by atoms with Crippen LogP contribution in [0, 0.1) is 0 Å². The van der Waals surface area contributed by atoms with Gasteiger partial charge in [0.05, 0.1) is 30.2 Å². The molecule has 3 heterocycles. The zero-order valence-corrected chi connectivity index (χ0v) is 16.8. The first-order valence-corrected chi connectivity index (χ1v) is 10.1. The van der Waals surface area contributed by atoms with E-state index in [9.17, 15) is 13.2 Å². The zero-order valence-electron chi connectivity index (χ0n) is 16.8. The molecule has 1 fully saturated rings. The second-order valence-electron chi connectivity index (χ2n) is 7.35. The van der Waals surface area contributed by atoms with Gasteiger partial charge in [-0.05, 0) is 42.5 Å². The van der Waals surface area contributed by atoms with Crippen molar-refractivity contribution in [1.82, 2.24) is 20.1 Å². The summed E-state index contributed by atoms with van der Waals surface area (Å²) in [5, 5.41) is 7.37. The first kappa shape index (κ1) is 21.3. The summed E-state index contributed by atoms with van der Waals surface area (Å²) in [5.74, 6) is 0.397. The van der Waals surface area contributed by atoms with Crippen LogP contribution in [0.4, 0.5) is 13.2 Å². The molecule has 1 aliphatic rings. The molecular weight excluding hydrogens is 409 g/mol. The number of halogens is 3. The lowest BCUT2D eigenvalue weighted by molar-refractivity contribution is -0.137. The molecule has 2 aromatic heterocycles. The Bertz CT molecular complexity index is 961. The molecule has 0 bridgehead atoms. The van der Waals surface area contributed by atoms with Crippen LogP contribution in [-0.4, -0.2) is 46.4 Å². The van der Waals surface area contributed by atoms with Crippen LogP contribution in [0.3, 0.4) is 0 Å². The van der Waals surface area contributed by atoms with Crippen molar-refractivity contribution in [1.29, 1.82) is 0 Å². The highest BCUT2D eigenvalue weighted by Crippen LogP contribution is 2.30. The van der Waals surface area contributed by atoms with Crippen molar-refractivity contribution >= 4 is 0 Å². The van der Waals surface area contributed by atoms with Gasteiger partial charge in [0.1, 0.15) is 11.9 Å². The molecule has 1 atom stereocenters. The second-order valence-corrected chi connectivity index (χ2v) is 7.35. The lowest BCUT2D eigenvalue weighted by Crippen LogP contribution is -2.38. The Hall–Kier alpha value is -2.91. The Morgan fingerprint density at radius 1 is 1.16 bits per heavy atom. The highest BCUT2D eigenvalue weighted by Gasteiger charge is 2.30. The summed E-state index contributed by atoms with van der Waals surface area (Å²) in [6.07, 6.45) is -2.13. The van der Waals surface area contributed by atoms with Gasteiger partial charge < -0.3 is 9.47 Å². The number of aromatic amines is 1. The summed E-state index contributed by atoms with van der Waals surface area (Å²) >= 11 is 0. The van der Waals surface area contributed by atoms with Crippen LogP contribution in [0.5, 0.6) is 5.75 Å². The first-order chi connectivity index (χ1) is 15.0. The maximum absolute atomic E-state index is 12.6. The highest BCUT2D eigenvalue weighted by atomic mass is 19.4. The Morgan fingerprint density at radius 2 is 2.00 bits per heavy atom. The average Bonchev–Trinajstić information content (AvgIpc) is 3.23. The third-order valence-electron chi connectivity index (χ3n) is 5.06. The van der Waals surface area contributed by atoms with Crippen molar-refractivity contribution in [3.05, 3.63) is 77.4 Å². The average molecular weight is 432 g/mol. The minimum absolute atomic E-state index is 0.127. The minimum atomic E-state index is -4.35. The van der Waals surface area contributed by atoms with Crippen molar-refractivity contribution < 1.29 is 22.6 Å². The second kappa shape index (κ2) is 9.49. The molecule has 0 spiro atoms. The smallest absolute Gasteiger partial charge is 0.416 e. The van der Waals surface area contributed by atoms with E-state index in [-0.39, 0.29) is 6.10 Å². The molecule has 164 valence electrons. The predicted molar refractivity (Wildman–Crippen MR) is 107 cm³/mol. The molecule has 31 heavy (non-hydrogen) atoms. The number of nitrogens with zero attached hydrogens (tertiary/aromatic N) is 3. The SMILES string of the molecule is FC(F)(F)c1ccc(OCCc2cc(C3CN(Cc4ccccn4)CCO3)n[nH]2)cc1. The molecule has 6 nitrogen and oxygen atoms in total. The van der Waals surface area contributed by atoms with E-state index in [4.69, 9.17) is 9.47 Å². The molecular formula is C22H23F3N4O2. The Kier molecular flexibility index (Phi) is 6.53. The fourth-order valence-electron chi connectivity index (χ4n) is 3.44. The third-order valence-corrected chi connectivity index (χ3v) is 5.06. The molecule has 0 aliphatic carbocycles. The van der Waals surface area contributed by atoms with Crippen LogP contribution >= 0.6 is 0 Å². The molecule has 4 rings (SSSR count). The van der Waals surface area contributed by atoms with E-state index in [1.54, 1.807) is 6.20 Å². The van der Waals surface area contributed by atoms with Gasteiger partial charge in [-0.25, -0.2) is 0 Å². The van der Waals surface area contributed by atoms with Crippen molar-refractivity contribution in [3.8, 4) is 5.75 Å². The van der Waals surface area contributed by atoms with Gasteiger partial charge in [-0.15, -0.1) is 0 Å². The number of alkyl halides is 3. The molecule has 0 saturated carbocycles. The van der Waals surface area contributed by atoms with Crippen molar-refractivity contribution in [2.75, 3.05) is 26.3 Å². The number of rotatable bonds is 7. The largest absolute Gasteiger partial charge is 0.493 e. The molecule has 3 aromatic rings. The van der Waals surface area contributed by atoms with Gasteiger partial charge in [0, 0.05) is 37.9 Å². The highest BCUT2D eigenvalue weighted by molar-refractivity contribution is 5.28. The molecule has 1 aliphatic heterocycles. The lowest BCUT2D eigenvalue weighted by atomic mass is 10.1. The molecule has 1 N–H and O–H groups in total. The van der Waals surface area contributed by atoms with Gasteiger partial charge >= 0.3 is 6.18 Å². The summed E-state index contributed by atoms with van der Waals surface area (Å²) in [7, 11) is 0. The maximum Gasteiger partial charge on any atom is 0.416 e. The van der Waals surface area contributed by atoms with Crippen LogP contribution in [0.2, 0.25) is 0 Å². The lowest BCUT2D eigenvalue weighted by Gasteiger charge is -2.31. The Morgan fingerprint density at radius 3 is 2.74 bits per heavy atom. The maximum atomic E-state index is 12.6. The van der Waals surface area contributed by atoms with Crippen molar-refractivity contribution in [2.45, 2.75) is 25.2 Å². The van der Waals surface area contributed by atoms with Crippen molar-refractivity contribution in [2.24, 2.45) is 0 Å². The molecule has 1 aromatic carbocycles. The first-order valence-electron chi connectivity index (χ1n) is 10.1. The van der Waals surface area contributed by atoms with Gasteiger partial charge in [-0.2, -0.15) is 18.3 Å². The summed E-state index contributed by atoms with van der Waals surface area (Å²) in [6.45, 7) is 3.27. The van der Waals surface area contributed by atoms with E-state index in [0.717, 1.165) is 48.8 Å². The van der Waals surface area contributed by atoms with E-state index >= 15 is 0 Å². The molecule has 9 heteroatoms. The van der Waals surface area contributed by atoms with E-state index in [1.807, 2.05) is 24.3 Å². The van der Waals surface area contributed by atoms with Crippen LogP contribution in [0.15, 0.2) is 54.7 Å². The number of ether oxygens (including phenoxy) is 2. The number of pyridine rings is 1. The fourth-order valence-corrected chi connectivity index (χ4v) is 3.44. The van der Waals surface area contributed by atoms with Gasteiger partial charge in [0.25, 0.3) is 0 Å². The van der Waals surface area contributed by atoms with Gasteiger partial charge in [-0.1, -0.05) is 6.07 Å². The monoisotopic (exact) mass is 432 g/mol. The fraction of sp³-hybridized carbons (Fsp3) is 0.364. The number of H-pyrrole nitrogens is 1. The molecule has 1 saturated heterocycles. The molecule has 0 radical (unpaired) electrons. The normalized spacial score (nSPS) is 17.6. The van der Waals surface area contributed by atoms with Gasteiger partial charge in [0.15, 0.2) is 0 Å². The standard InChI is InChI=1S/C22H23F3N4O2/c23-22(24,25)16-4-6-19(7-5-16)30-11-8-17-13-20(28-27-17)21-15-29(10-12-31-21)14-18-3-1-2-9-26-18/h1-7,9,13,21H,8,10-12,14-15H2,(H,27,28). The Labute approximate surface area is 178 Å². The van der Waals surface area contributed by atoms with E-state index < -0.39 is 11.7 Å². The van der Waals surface area contributed by atoms with E-state index in [1.165, 1.54) is 12.1 Å². The summed E-state index contributed by atoms with van der Waals surface area (Å²) in [6, 6.07) is 12.5. The number of nitrogens with one attached hydrogen (secondary N) is 1. The van der Waals surface area contributed by atoms with Crippen LogP contribution in [0.1, 0.15) is 28.7 Å². The number of aromatic nitrogens is 3. The number of hydrogen-bond acceptors (Lipinski definition) is 5. The number of morpholine rings is 1. The van der Waals surface area contributed by atoms with E-state index in [2.05, 4.69) is 20.1 Å². The zero-order chi connectivity index (χ0) is 21.7.